The van der Waals surface area contributed by atoms with Gasteiger partial charge < -0.3 is 22.2 Å². The highest BCUT2D eigenvalue weighted by Crippen LogP contribution is 2.17. The van der Waals surface area contributed by atoms with E-state index < -0.39 is 0 Å². The first-order chi connectivity index (χ1) is 11.1. The number of hydrazone groups is 1. The van der Waals surface area contributed by atoms with Gasteiger partial charge >= 0.3 is 0 Å². The highest BCUT2D eigenvalue weighted by molar-refractivity contribution is 6.31. The van der Waals surface area contributed by atoms with Crippen LogP contribution in [-0.2, 0) is 17.8 Å². The summed E-state index contributed by atoms with van der Waals surface area (Å²) in [6.45, 7) is 0.555. The van der Waals surface area contributed by atoms with Crippen LogP contribution < -0.4 is 22.2 Å². The zero-order valence-electron chi connectivity index (χ0n) is 12.2. The Kier molecular flexibility index (Phi) is 5.70. The molecule has 1 aromatic heterocycles. The van der Waals surface area contributed by atoms with Gasteiger partial charge in [-0.05, 0) is 5.56 Å². The monoisotopic (exact) mass is 333 g/mol. The predicted octanol–water partition coefficient (Wildman–Crippen LogP) is 0.686. The number of hydrogen-bond donors (Lipinski definition) is 4. The van der Waals surface area contributed by atoms with E-state index in [1.807, 2.05) is 30.3 Å². The first kappa shape index (κ1) is 16.5. The number of benzene rings is 1. The Labute approximate surface area is 137 Å². The SMILES string of the molecule is Nc1nc(N)c(CC(=O)N/C=N/NCc2ccccc2)nc1Cl. The molecule has 0 aliphatic carbocycles. The Morgan fingerprint density at radius 3 is 2.70 bits per heavy atom. The van der Waals surface area contributed by atoms with Crippen molar-refractivity contribution in [3.05, 3.63) is 46.7 Å². The molecule has 0 fully saturated rings. The fourth-order valence-electron chi connectivity index (χ4n) is 1.69. The molecular weight excluding hydrogens is 318 g/mol. The van der Waals surface area contributed by atoms with Crippen molar-refractivity contribution in [3.63, 3.8) is 0 Å². The topological polar surface area (TPSA) is 131 Å². The third-order valence-corrected chi connectivity index (χ3v) is 3.09. The van der Waals surface area contributed by atoms with Gasteiger partial charge in [0.25, 0.3) is 0 Å². The van der Waals surface area contributed by atoms with E-state index in [9.17, 15) is 4.79 Å². The van der Waals surface area contributed by atoms with Gasteiger partial charge in [-0.3, -0.25) is 4.79 Å². The van der Waals surface area contributed by atoms with Crippen LogP contribution in [0.1, 0.15) is 11.3 Å². The number of hydrogen-bond acceptors (Lipinski definition) is 7. The lowest BCUT2D eigenvalue weighted by Crippen LogP contribution is -2.25. The average molecular weight is 334 g/mol. The predicted molar refractivity (Wildman–Crippen MR) is 89.5 cm³/mol. The van der Waals surface area contributed by atoms with E-state index >= 15 is 0 Å². The Balaban J connectivity index is 1.79. The lowest BCUT2D eigenvalue weighted by molar-refractivity contribution is -0.119. The summed E-state index contributed by atoms with van der Waals surface area (Å²) in [6.07, 6.45) is 1.18. The Morgan fingerprint density at radius 2 is 1.96 bits per heavy atom. The molecule has 0 saturated carbocycles. The van der Waals surface area contributed by atoms with E-state index in [-0.39, 0.29) is 34.8 Å². The maximum absolute atomic E-state index is 11.8. The van der Waals surface area contributed by atoms with Crippen molar-refractivity contribution >= 4 is 35.5 Å². The molecule has 0 aliphatic heterocycles. The maximum atomic E-state index is 11.8. The van der Waals surface area contributed by atoms with E-state index in [0.717, 1.165) is 5.56 Å². The number of anilines is 2. The largest absolute Gasteiger partial charge is 0.382 e. The first-order valence-electron chi connectivity index (χ1n) is 6.71. The number of rotatable bonds is 6. The third-order valence-electron chi connectivity index (χ3n) is 2.82. The molecule has 6 N–H and O–H groups in total. The van der Waals surface area contributed by atoms with E-state index in [2.05, 4.69) is 25.8 Å². The number of nitrogens with two attached hydrogens (primary N) is 2. The molecule has 1 aromatic carbocycles. The molecule has 1 heterocycles. The van der Waals surface area contributed by atoms with Crippen LogP contribution in [0.2, 0.25) is 5.15 Å². The fourth-order valence-corrected chi connectivity index (χ4v) is 1.83. The normalized spacial score (nSPS) is 10.7. The van der Waals surface area contributed by atoms with Gasteiger partial charge in [-0.1, -0.05) is 41.9 Å². The minimum atomic E-state index is -0.350. The molecule has 0 spiro atoms. The number of amides is 1. The second-order valence-electron chi connectivity index (χ2n) is 4.55. The van der Waals surface area contributed by atoms with Crippen molar-refractivity contribution in [3.8, 4) is 0 Å². The van der Waals surface area contributed by atoms with E-state index in [1.54, 1.807) is 0 Å². The molecule has 2 rings (SSSR count). The van der Waals surface area contributed by atoms with Crippen LogP contribution >= 0.6 is 11.6 Å². The first-order valence-corrected chi connectivity index (χ1v) is 7.09. The van der Waals surface area contributed by atoms with Gasteiger partial charge in [0.15, 0.2) is 11.0 Å². The molecule has 8 nitrogen and oxygen atoms in total. The number of nitrogens with one attached hydrogen (secondary N) is 2. The standard InChI is InChI=1S/C14H16ClN7O/c15-12-14(17)22-13(16)10(21-12)6-11(23)18-8-20-19-7-9-4-2-1-3-5-9/h1-5,8,19H,6-7H2,(H4,16,17,22)(H,18,20,23). The van der Waals surface area contributed by atoms with Crippen LogP contribution in [0.25, 0.3) is 0 Å². The summed E-state index contributed by atoms with van der Waals surface area (Å²) in [7, 11) is 0. The van der Waals surface area contributed by atoms with Gasteiger partial charge in [-0.2, -0.15) is 5.10 Å². The molecule has 2 aromatic rings. The Morgan fingerprint density at radius 1 is 1.22 bits per heavy atom. The molecule has 0 aliphatic rings. The third kappa shape index (κ3) is 5.11. The van der Waals surface area contributed by atoms with Gasteiger partial charge in [0.2, 0.25) is 5.91 Å². The smallest absolute Gasteiger partial charge is 0.231 e. The summed E-state index contributed by atoms with van der Waals surface area (Å²) < 4.78 is 0. The quantitative estimate of drug-likeness (QED) is 0.349. The number of carbonyl (C=O) groups is 1. The minimum absolute atomic E-state index is 0.0141. The van der Waals surface area contributed by atoms with Crippen LogP contribution in [-0.4, -0.2) is 22.2 Å². The number of halogens is 1. The molecule has 0 atom stereocenters. The summed E-state index contributed by atoms with van der Waals surface area (Å²) in [4.78, 5) is 19.5. The van der Waals surface area contributed by atoms with Crippen molar-refractivity contribution < 1.29 is 4.79 Å². The molecule has 0 unspecified atom stereocenters. The molecule has 0 radical (unpaired) electrons. The van der Waals surface area contributed by atoms with Crippen molar-refractivity contribution in [2.45, 2.75) is 13.0 Å². The van der Waals surface area contributed by atoms with Gasteiger partial charge in [0, 0.05) is 0 Å². The molecule has 23 heavy (non-hydrogen) atoms. The average Bonchev–Trinajstić information content (AvgIpc) is 2.53. The van der Waals surface area contributed by atoms with Gasteiger partial charge in [-0.25, -0.2) is 9.97 Å². The zero-order chi connectivity index (χ0) is 16.7. The van der Waals surface area contributed by atoms with Crippen LogP contribution in [0, 0.1) is 0 Å². The summed E-state index contributed by atoms with van der Waals surface area (Å²) in [5.41, 5.74) is 15.3. The van der Waals surface area contributed by atoms with Crippen LogP contribution in [0.15, 0.2) is 35.4 Å². The summed E-state index contributed by atoms with van der Waals surface area (Å²) in [5, 5.41) is 6.38. The molecule has 0 bridgehead atoms. The van der Waals surface area contributed by atoms with Gasteiger partial charge in [-0.15, -0.1) is 0 Å². The number of carbonyl (C=O) groups excluding carboxylic acids is 1. The van der Waals surface area contributed by atoms with Crippen LogP contribution in [0.3, 0.4) is 0 Å². The van der Waals surface area contributed by atoms with Gasteiger partial charge in [0.1, 0.15) is 12.2 Å². The molecular formula is C14H16ClN7O. The Bertz CT molecular complexity index is 706. The molecule has 120 valence electrons. The van der Waals surface area contributed by atoms with Crippen molar-refractivity contribution in [1.82, 2.24) is 20.7 Å². The molecule has 9 heteroatoms. The van der Waals surface area contributed by atoms with Crippen LogP contribution in [0.4, 0.5) is 11.6 Å². The van der Waals surface area contributed by atoms with Crippen molar-refractivity contribution in [1.29, 1.82) is 0 Å². The van der Waals surface area contributed by atoms with E-state index in [4.69, 9.17) is 23.1 Å². The fraction of sp³-hybridized carbons (Fsp3) is 0.143. The lowest BCUT2D eigenvalue weighted by atomic mass is 10.2. The lowest BCUT2D eigenvalue weighted by Gasteiger charge is -2.05. The highest BCUT2D eigenvalue weighted by atomic mass is 35.5. The zero-order valence-corrected chi connectivity index (χ0v) is 12.9. The maximum Gasteiger partial charge on any atom is 0.231 e. The van der Waals surface area contributed by atoms with Crippen molar-refractivity contribution in [2.75, 3.05) is 11.5 Å². The van der Waals surface area contributed by atoms with Gasteiger partial charge in [0.05, 0.1) is 18.7 Å². The van der Waals surface area contributed by atoms with E-state index in [1.165, 1.54) is 6.34 Å². The number of aromatic nitrogens is 2. The van der Waals surface area contributed by atoms with E-state index in [0.29, 0.717) is 6.54 Å². The summed E-state index contributed by atoms with van der Waals surface area (Å²) >= 11 is 5.75. The highest BCUT2D eigenvalue weighted by Gasteiger charge is 2.11. The van der Waals surface area contributed by atoms with Crippen LogP contribution in [0.5, 0.6) is 0 Å². The molecule has 0 saturated heterocycles. The second kappa shape index (κ2) is 7.95. The summed E-state index contributed by atoms with van der Waals surface area (Å²) in [5.74, 6) is -0.252. The summed E-state index contributed by atoms with van der Waals surface area (Å²) in [6, 6.07) is 9.74. The number of nitrogen functional groups attached to an aromatic ring is 2. The number of nitrogens with zero attached hydrogens (tertiary/aromatic N) is 3. The Hall–Kier alpha value is -2.87. The minimum Gasteiger partial charge on any atom is -0.382 e. The second-order valence-corrected chi connectivity index (χ2v) is 4.91. The molecule has 1 amide bonds. The van der Waals surface area contributed by atoms with Crippen molar-refractivity contribution in [2.24, 2.45) is 5.10 Å².